The van der Waals surface area contributed by atoms with Crippen LogP contribution < -0.4 is 19.5 Å². The molecular formula is C25H30FN3O4. The molecule has 0 aliphatic carbocycles. The molecule has 0 spiro atoms. The Hall–Kier alpha value is -3.55. The highest BCUT2D eigenvalue weighted by atomic mass is 19.1. The maximum atomic E-state index is 13.4. The van der Waals surface area contributed by atoms with Crippen molar-refractivity contribution < 1.29 is 23.4 Å². The molecule has 176 valence electrons. The molecule has 0 unspecified atom stereocenters. The largest absolute Gasteiger partial charge is 0.493 e. The number of carbonyl (C=O) groups excluding carboxylic acids is 1. The molecule has 2 aromatic carbocycles. The number of aryl methyl sites for hydroxylation is 1. The van der Waals surface area contributed by atoms with Gasteiger partial charge in [-0.15, -0.1) is 0 Å². The molecule has 1 heterocycles. The predicted molar refractivity (Wildman–Crippen MR) is 125 cm³/mol. The van der Waals surface area contributed by atoms with Gasteiger partial charge in [-0.1, -0.05) is 20.8 Å². The second-order valence-corrected chi connectivity index (χ2v) is 8.63. The maximum absolute atomic E-state index is 13.4. The van der Waals surface area contributed by atoms with E-state index in [0.717, 1.165) is 11.3 Å². The van der Waals surface area contributed by atoms with Crippen LogP contribution in [0.15, 0.2) is 42.5 Å². The van der Waals surface area contributed by atoms with E-state index < -0.39 is 0 Å². The van der Waals surface area contributed by atoms with Crippen LogP contribution in [0.4, 0.5) is 10.2 Å². The van der Waals surface area contributed by atoms with Crippen LogP contribution in [0, 0.1) is 5.82 Å². The van der Waals surface area contributed by atoms with E-state index in [4.69, 9.17) is 14.2 Å². The van der Waals surface area contributed by atoms with Crippen molar-refractivity contribution in [3.05, 3.63) is 59.5 Å². The monoisotopic (exact) mass is 455 g/mol. The number of nitrogens with zero attached hydrogens (tertiary/aromatic N) is 2. The minimum absolute atomic E-state index is 0.174. The van der Waals surface area contributed by atoms with Crippen LogP contribution in [0.2, 0.25) is 0 Å². The van der Waals surface area contributed by atoms with Gasteiger partial charge in [0.05, 0.1) is 32.7 Å². The minimum Gasteiger partial charge on any atom is -0.493 e. The zero-order valence-electron chi connectivity index (χ0n) is 19.9. The van der Waals surface area contributed by atoms with Crippen molar-refractivity contribution in [3.63, 3.8) is 0 Å². The van der Waals surface area contributed by atoms with Crippen LogP contribution in [-0.4, -0.2) is 37.0 Å². The quantitative estimate of drug-likeness (QED) is 0.523. The van der Waals surface area contributed by atoms with Crippen molar-refractivity contribution in [2.75, 3.05) is 26.6 Å². The summed E-state index contributed by atoms with van der Waals surface area (Å²) in [6.07, 6.45) is 0.706. The summed E-state index contributed by atoms with van der Waals surface area (Å²) >= 11 is 0. The molecule has 0 saturated carbocycles. The Balaban J connectivity index is 1.80. The molecule has 0 saturated heterocycles. The van der Waals surface area contributed by atoms with E-state index in [1.807, 2.05) is 39.0 Å². The van der Waals surface area contributed by atoms with Crippen molar-refractivity contribution in [1.29, 1.82) is 0 Å². The number of ether oxygens (including phenoxy) is 3. The molecule has 8 heteroatoms. The molecule has 0 fully saturated rings. The van der Waals surface area contributed by atoms with Crippen molar-refractivity contribution >= 4 is 11.7 Å². The molecule has 1 aromatic heterocycles. The molecule has 0 aliphatic rings. The van der Waals surface area contributed by atoms with Crippen LogP contribution in [0.5, 0.6) is 17.2 Å². The number of benzene rings is 2. The third-order valence-electron chi connectivity index (χ3n) is 5.18. The van der Waals surface area contributed by atoms with Crippen LogP contribution in [0.25, 0.3) is 5.69 Å². The topological polar surface area (TPSA) is 74.6 Å². The van der Waals surface area contributed by atoms with Gasteiger partial charge in [0, 0.05) is 17.9 Å². The first kappa shape index (κ1) is 24.1. The van der Waals surface area contributed by atoms with E-state index in [1.165, 1.54) is 12.1 Å². The van der Waals surface area contributed by atoms with Gasteiger partial charge in [-0.3, -0.25) is 4.79 Å². The Kier molecular flexibility index (Phi) is 7.26. The van der Waals surface area contributed by atoms with Gasteiger partial charge >= 0.3 is 0 Å². The van der Waals surface area contributed by atoms with E-state index in [-0.39, 0.29) is 23.6 Å². The molecular weight excluding hydrogens is 425 g/mol. The molecule has 1 N–H and O–H groups in total. The van der Waals surface area contributed by atoms with Gasteiger partial charge < -0.3 is 19.5 Å². The lowest BCUT2D eigenvalue weighted by molar-refractivity contribution is -0.116. The lowest BCUT2D eigenvalue weighted by Crippen LogP contribution is -2.15. The molecule has 0 atom stereocenters. The third-order valence-corrected chi connectivity index (χ3v) is 5.18. The summed E-state index contributed by atoms with van der Waals surface area (Å²) in [5.41, 5.74) is 2.13. The van der Waals surface area contributed by atoms with Gasteiger partial charge in [0.2, 0.25) is 11.7 Å². The summed E-state index contributed by atoms with van der Waals surface area (Å²) in [5, 5.41) is 7.60. The van der Waals surface area contributed by atoms with Crippen molar-refractivity contribution in [2.45, 2.75) is 39.0 Å². The van der Waals surface area contributed by atoms with Gasteiger partial charge in [-0.2, -0.15) is 5.10 Å². The number of amides is 1. The molecule has 0 bridgehead atoms. The molecule has 33 heavy (non-hydrogen) atoms. The summed E-state index contributed by atoms with van der Waals surface area (Å²) in [4.78, 5) is 12.8. The van der Waals surface area contributed by atoms with E-state index in [2.05, 4.69) is 10.4 Å². The van der Waals surface area contributed by atoms with Gasteiger partial charge in [0.25, 0.3) is 0 Å². The number of halogens is 1. The zero-order valence-corrected chi connectivity index (χ0v) is 19.9. The fourth-order valence-corrected chi connectivity index (χ4v) is 3.36. The summed E-state index contributed by atoms with van der Waals surface area (Å²) in [6, 6.07) is 11.5. The summed E-state index contributed by atoms with van der Waals surface area (Å²) in [5.74, 6) is 1.60. The van der Waals surface area contributed by atoms with Gasteiger partial charge in [0.15, 0.2) is 11.5 Å². The first-order valence-electron chi connectivity index (χ1n) is 10.6. The highest BCUT2D eigenvalue weighted by molar-refractivity contribution is 5.90. The fourth-order valence-electron chi connectivity index (χ4n) is 3.36. The van der Waals surface area contributed by atoms with Crippen LogP contribution in [0.3, 0.4) is 0 Å². The van der Waals surface area contributed by atoms with Gasteiger partial charge in [0.1, 0.15) is 11.6 Å². The summed E-state index contributed by atoms with van der Waals surface area (Å²) in [6.45, 7) is 6.13. The Morgan fingerprint density at radius 2 is 1.61 bits per heavy atom. The fraction of sp³-hybridized carbons (Fsp3) is 0.360. The first-order chi connectivity index (χ1) is 15.7. The number of hydrogen-bond donors (Lipinski definition) is 1. The summed E-state index contributed by atoms with van der Waals surface area (Å²) < 4.78 is 31.1. The maximum Gasteiger partial charge on any atom is 0.225 e. The Labute approximate surface area is 193 Å². The van der Waals surface area contributed by atoms with E-state index in [0.29, 0.717) is 35.2 Å². The number of rotatable bonds is 8. The number of carbonyl (C=O) groups is 1. The van der Waals surface area contributed by atoms with E-state index in [9.17, 15) is 9.18 Å². The normalized spacial score (nSPS) is 11.2. The minimum atomic E-state index is -0.335. The average Bonchev–Trinajstić information content (AvgIpc) is 3.21. The Bertz CT molecular complexity index is 1090. The van der Waals surface area contributed by atoms with Crippen molar-refractivity contribution in [3.8, 4) is 22.9 Å². The lowest BCUT2D eigenvalue weighted by atomic mass is 9.92. The number of hydrogen-bond acceptors (Lipinski definition) is 5. The van der Waals surface area contributed by atoms with Crippen LogP contribution >= 0.6 is 0 Å². The second kappa shape index (κ2) is 9.94. The summed E-state index contributed by atoms with van der Waals surface area (Å²) in [7, 11) is 4.65. The predicted octanol–water partition coefficient (Wildman–Crippen LogP) is 4.91. The first-order valence-corrected chi connectivity index (χ1v) is 10.6. The molecule has 3 rings (SSSR count). The van der Waals surface area contributed by atoms with Crippen molar-refractivity contribution in [1.82, 2.24) is 9.78 Å². The SMILES string of the molecule is COc1cc(CCC(=O)Nc2cc(C(C)(C)C)nn2-c2ccc(F)cc2)cc(OC)c1OC. The van der Waals surface area contributed by atoms with Crippen LogP contribution in [0.1, 0.15) is 38.4 Å². The number of methoxy groups -OCH3 is 3. The van der Waals surface area contributed by atoms with Gasteiger partial charge in [-0.25, -0.2) is 9.07 Å². The second-order valence-electron chi connectivity index (χ2n) is 8.63. The molecule has 7 nitrogen and oxygen atoms in total. The van der Waals surface area contributed by atoms with E-state index >= 15 is 0 Å². The number of anilines is 1. The number of nitrogens with one attached hydrogen (secondary N) is 1. The average molecular weight is 456 g/mol. The zero-order chi connectivity index (χ0) is 24.2. The molecule has 3 aromatic rings. The number of aromatic nitrogens is 2. The smallest absolute Gasteiger partial charge is 0.225 e. The van der Waals surface area contributed by atoms with Crippen LogP contribution in [-0.2, 0) is 16.6 Å². The highest BCUT2D eigenvalue weighted by Crippen LogP contribution is 2.38. The Morgan fingerprint density at radius 3 is 2.12 bits per heavy atom. The third kappa shape index (κ3) is 5.63. The highest BCUT2D eigenvalue weighted by Gasteiger charge is 2.22. The Morgan fingerprint density at radius 1 is 1.00 bits per heavy atom. The molecule has 1 amide bonds. The molecule has 0 radical (unpaired) electrons. The van der Waals surface area contributed by atoms with E-state index in [1.54, 1.807) is 38.1 Å². The van der Waals surface area contributed by atoms with Gasteiger partial charge in [-0.05, 0) is 48.4 Å². The molecule has 0 aliphatic heterocycles. The standard InChI is InChI=1S/C25H30FN3O4/c1-25(2,3)21-15-22(29(28-21)18-10-8-17(26)9-11-18)27-23(30)12-7-16-13-19(31-4)24(33-6)20(14-16)32-5/h8-11,13-15H,7,12H2,1-6H3,(H,27,30). The lowest BCUT2D eigenvalue weighted by Gasteiger charge is -2.14. The van der Waals surface area contributed by atoms with Crippen molar-refractivity contribution in [2.24, 2.45) is 0 Å².